The molecule has 0 radical (unpaired) electrons. The van der Waals surface area contributed by atoms with Crippen LogP contribution in [0.25, 0.3) is 0 Å². The fourth-order valence-electron chi connectivity index (χ4n) is 2.16. The maximum atomic E-state index is 6.23. The van der Waals surface area contributed by atoms with E-state index < -0.39 is 8.07 Å². The molecule has 88 valence electrons. The summed E-state index contributed by atoms with van der Waals surface area (Å²) < 4.78 is 5.69. The standard InChI is InChI=1S/C12H16Cl2OSi/c1-16(2,3)8-12(7-15-12)10-5-4-9(13)6-11(10)14/h4-6H,7-8H2,1-3H3. The highest BCUT2D eigenvalue weighted by Crippen LogP contribution is 2.48. The molecule has 1 nitrogen and oxygen atoms in total. The fourth-order valence-corrected chi connectivity index (χ4v) is 4.84. The molecular formula is C12H16Cl2OSi. The van der Waals surface area contributed by atoms with Gasteiger partial charge in [0.15, 0.2) is 0 Å². The third-order valence-corrected chi connectivity index (χ3v) is 4.91. The van der Waals surface area contributed by atoms with E-state index in [-0.39, 0.29) is 5.60 Å². The van der Waals surface area contributed by atoms with E-state index in [4.69, 9.17) is 27.9 Å². The Hall–Kier alpha value is -0.0231. The summed E-state index contributed by atoms with van der Waals surface area (Å²) >= 11 is 12.1. The average molecular weight is 275 g/mol. The second-order valence-corrected chi connectivity index (χ2v) is 12.0. The number of epoxide rings is 1. The fraction of sp³-hybridized carbons (Fsp3) is 0.500. The molecule has 1 aliphatic rings. The summed E-state index contributed by atoms with van der Waals surface area (Å²) in [6.07, 6.45) is 0. The van der Waals surface area contributed by atoms with E-state index in [9.17, 15) is 0 Å². The van der Waals surface area contributed by atoms with Gasteiger partial charge in [0.2, 0.25) is 0 Å². The first-order valence-electron chi connectivity index (χ1n) is 5.42. The summed E-state index contributed by atoms with van der Waals surface area (Å²) in [5.41, 5.74) is 0.979. The van der Waals surface area contributed by atoms with Crippen molar-refractivity contribution < 1.29 is 4.74 Å². The van der Waals surface area contributed by atoms with E-state index in [1.54, 1.807) is 6.07 Å². The molecule has 1 saturated heterocycles. The molecule has 0 aliphatic carbocycles. The summed E-state index contributed by atoms with van der Waals surface area (Å²) in [5.74, 6) is 0. The molecule has 1 atom stereocenters. The highest BCUT2D eigenvalue weighted by atomic mass is 35.5. The van der Waals surface area contributed by atoms with Crippen LogP contribution in [-0.2, 0) is 10.3 Å². The van der Waals surface area contributed by atoms with Crippen LogP contribution in [0.4, 0.5) is 0 Å². The van der Waals surface area contributed by atoms with Crippen LogP contribution >= 0.6 is 23.2 Å². The monoisotopic (exact) mass is 274 g/mol. The van der Waals surface area contributed by atoms with Gasteiger partial charge < -0.3 is 4.74 Å². The lowest BCUT2D eigenvalue weighted by Gasteiger charge is -2.22. The van der Waals surface area contributed by atoms with Gasteiger partial charge in [-0.15, -0.1) is 0 Å². The van der Waals surface area contributed by atoms with Gasteiger partial charge in [0, 0.05) is 23.7 Å². The highest BCUT2D eigenvalue weighted by Gasteiger charge is 2.50. The molecule has 16 heavy (non-hydrogen) atoms. The third kappa shape index (κ3) is 2.62. The molecule has 1 aromatic rings. The van der Waals surface area contributed by atoms with Crippen LogP contribution in [0, 0.1) is 0 Å². The number of hydrogen-bond acceptors (Lipinski definition) is 1. The van der Waals surface area contributed by atoms with E-state index in [2.05, 4.69) is 19.6 Å². The molecule has 0 saturated carbocycles. The van der Waals surface area contributed by atoms with Crippen LogP contribution in [-0.4, -0.2) is 14.7 Å². The Morgan fingerprint density at radius 1 is 1.31 bits per heavy atom. The molecule has 0 bridgehead atoms. The summed E-state index contributed by atoms with van der Waals surface area (Å²) in [6.45, 7) is 7.83. The van der Waals surface area contributed by atoms with Gasteiger partial charge in [-0.25, -0.2) is 0 Å². The summed E-state index contributed by atoms with van der Waals surface area (Å²) in [7, 11) is -1.17. The largest absolute Gasteiger partial charge is 0.365 e. The normalized spacial score (nSPS) is 24.6. The van der Waals surface area contributed by atoms with Crippen molar-refractivity contribution in [3.63, 3.8) is 0 Å². The second kappa shape index (κ2) is 4.02. The Balaban J connectivity index is 2.30. The SMILES string of the molecule is C[Si](C)(C)CC1(c2ccc(Cl)cc2Cl)CO1. The smallest absolute Gasteiger partial charge is 0.116 e. The van der Waals surface area contributed by atoms with Gasteiger partial charge >= 0.3 is 0 Å². The Kier molecular flexibility index (Phi) is 3.12. The Labute approximate surface area is 108 Å². The van der Waals surface area contributed by atoms with Gasteiger partial charge in [0.05, 0.1) is 6.61 Å². The van der Waals surface area contributed by atoms with Crippen LogP contribution in [0.2, 0.25) is 35.7 Å². The molecule has 4 heteroatoms. The molecule has 2 rings (SSSR count). The second-order valence-electron chi connectivity index (χ2n) is 5.64. The van der Waals surface area contributed by atoms with E-state index in [1.807, 2.05) is 12.1 Å². The highest BCUT2D eigenvalue weighted by molar-refractivity contribution is 6.76. The van der Waals surface area contributed by atoms with E-state index in [1.165, 1.54) is 0 Å². The average Bonchev–Trinajstić information content (AvgIpc) is 2.81. The molecule has 1 heterocycles. The molecule has 0 amide bonds. The molecule has 1 aliphatic heterocycles. The van der Waals surface area contributed by atoms with Crippen LogP contribution in [0.3, 0.4) is 0 Å². The maximum absolute atomic E-state index is 6.23. The topological polar surface area (TPSA) is 12.5 Å². The first-order chi connectivity index (χ1) is 7.32. The predicted molar refractivity (Wildman–Crippen MR) is 72.2 cm³/mol. The molecule has 1 aromatic carbocycles. The zero-order chi connectivity index (χ0) is 12.0. The van der Waals surface area contributed by atoms with Gasteiger partial charge in [-0.05, 0) is 18.2 Å². The van der Waals surface area contributed by atoms with Crippen LogP contribution in [0.15, 0.2) is 18.2 Å². The van der Waals surface area contributed by atoms with Crippen molar-refractivity contribution in [2.45, 2.75) is 31.3 Å². The van der Waals surface area contributed by atoms with E-state index >= 15 is 0 Å². The van der Waals surface area contributed by atoms with Crippen LogP contribution in [0.1, 0.15) is 5.56 Å². The number of rotatable bonds is 3. The summed E-state index contributed by atoms with van der Waals surface area (Å²) in [5, 5.41) is 1.40. The van der Waals surface area contributed by atoms with Crippen LogP contribution in [0.5, 0.6) is 0 Å². The molecule has 0 N–H and O–H groups in total. The zero-order valence-corrected chi connectivity index (χ0v) is 12.3. The van der Waals surface area contributed by atoms with E-state index in [0.717, 1.165) is 23.2 Å². The lowest BCUT2D eigenvalue weighted by Crippen LogP contribution is -2.27. The third-order valence-electron chi connectivity index (χ3n) is 2.73. The minimum absolute atomic E-state index is 0.119. The van der Waals surface area contributed by atoms with Gasteiger partial charge in [-0.3, -0.25) is 0 Å². The summed E-state index contributed by atoms with van der Waals surface area (Å²) in [6, 6.07) is 6.79. The summed E-state index contributed by atoms with van der Waals surface area (Å²) in [4.78, 5) is 0. The zero-order valence-electron chi connectivity index (χ0n) is 9.81. The Morgan fingerprint density at radius 2 is 1.94 bits per heavy atom. The van der Waals surface area contributed by atoms with E-state index in [0.29, 0.717) is 5.02 Å². The molecule has 1 fully saturated rings. The minimum Gasteiger partial charge on any atom is -0.365 e. The molecule has 0 aromatic heterocycles. The lowest BCUT2D eigenvalue weighted by molar-refractivity contribution is 0.327. The Bertz CT molecular complexity index is 408. The van der Waals surface area contributed by atoms with Gasteiger partial charge in [0.1, 0.15) is 5.60 Å². The van der Waals surface area contributed by atoms with Gasteiger partial charge in [-0.1, -0.05) is 48.9 Å². The lowest BCUT2D eigenvalue weighted by atomic mass is 10.0. The quantitative estimate of drug-likeness (QED) is 0.582. The van der Waals surface area contributed by atoms with Crippen molar-refractivity contribution >= 4 is 31.3 Å². The van der Waals surface area contributed by atoms with Crippen molar-refractivity contribution in [3.8, 4) is 0 Å². The van der Waals surface area contributed by atoms with Crippen molar-refractivity contribution in [1.82, 2.24) is 0 Å². The maximum Gasteiger partial charge on any atom is 0.116 e. The molecular weight excluding hydrogens is 259 g/mol. The van der Waals surface area contributed by atoms with Crippen molar-refractivity contribution in [2.75, 3.05) is 6.61 Å². The number of halogens is 2. The van der Waals surface area contributed by atoms with Crippen molar-refractivity contribution in [1.29, 1.82) is 0 Å². The van der Waals surface area contributed by atoms with Crippen LogP contribution < -0.4 is 0 Å². The number of hydrogen-bond donors (Lipinski definition) is 0. The Morgan fingerprint density at radius 3 is 2.38 bits per heavy atom. The van der Waals surface area contributed by atoms with Gasteiger partial charge in [0.25, 0.3) is 0 Å². The number of ether oxygens (including phenoxy) is 1. The van der Waals surface area contributed by atoms with Crippen molar-refractivity contribution in [3.05, 3.63) is 33.8 Å². The van der Waals surface area contributed by atoms with Crippen molar-refractivity contribution in [2.24, 2.45) is 0 Å². The van der Waals surface area contributed by atoms with Gasteiger partial charge in [-0.2, -0.15) is 0 Å². The first-order valence-corrected chi connectivity index (χ1v) is 9.88. The molecule has 1 unspecified atom stereocenters. The predicted octanol–water partition coefficient (Wildman–Crippen LogP) is 4.56. The molecule has 0 spiro atoms. The first kappa shape index (κ1) is 12.4. The minimum atomic E-state index is -1.17. The number of benzene rings is 1.